The first kappa shape index (κ1) is 12.5. The van der Waals surface area contributed by atoms with Crippen LogP contribution < -0.4 is 0 Å². The Bertz CT molecular complexity index is 505. The molecule has 0 saturated heterocycles. The van der Waals surface area contributed by atoms with E-state index in [0.717, 1.165) is 12.1 Å². The molecule has 0 radical (unpaired) electrons. The smallest absolute Gasteiger partial charge is 0.303 e. The third kappa shape index (κ3) is 3.21. The van der Waals surface area contributed by atoms with Gasteiger partial charge >= 0.3 is 5.97 Å². The molecule has 0 aliphatic heterocycles. The first-order chi connectivity index (χ1) is 7.30. The van der Waals surface area contributed by atoms with Gasteiger partial charge in [0.05, 0.1) is 4.90 Å². The zero-order chi connectivity index (χ0) is 12.3. The Morgan fingerprint density at radius 1 is 1.31 bits per heavy atom. The Hall–Kier alpha value is -1.60. The van der Waals surface area contributed by atoms with Crippen LogP contribution in [0.15, 0.2) is 23.1 Å². The standard InChI is InChI=1S/C9H10O6S/c10-8-5-7(16(13,14)15)3-1-6(8)2-4-9(11)12/h1,3,5,10H,2,4H2,(H,11,12)(H,13,14,15). The van der Waals surface area contributed by atoms with Crippen molar-refractivity contribution in [2.24, 2.45) is 0 Å². The minimum absolute atomic E-state index is 0.0902. The molecule has 0 bridgehead atoms. The second-order valence-corrected chi connectivity index (χ2v) is 4.58. The van der Waals surface area contributed by atoms with Gasteiger partial charge in [0.25, 0.3) is 10.1 Å². The maximum Gasteiger partial charge on any atom is 0.303 e. The van der Waals surface area contributed by atoms with E-state index in [4.69, 9.17) is 9.66 Å². The molecular formula is C9H10O6S. The van der Waals surface area contributed by atoms with Gasteiger partial charge in [0.15, 0.2) is 0 Å². The molecule has 0 aromatic heterocycles. The van der Waals surface area contributed by atoms with E-state index in [9.17, 15) is 18.3 Å². The highest BCUT2D eigenvalue weighted by atomic mass is 32.2. The van der Waals surface area contributed by atoms with Crippen LogP contribution in [0, 0.1) is 0 Å². The molecule has 16 heavy (non-hydrogen) atoms. The lowest BCUT2D eigenvalue weighted by atomic mass is 10.1. The average molecular weight is 246 g/mol. The van der Waals surface area contributed by atoms with Gasteiger partial charge in [0.1, 0.15) is 5.75 Å². The first-order valence-corrected chi connectivity index (χ1v) is 5.76. The Kier molecular flexibility index (Phi) is 3.51. The Morgan fingerprint density at radius 2 is 1.94 bits per heavy atom. The molecule has 0 heterocycles. The molecule has 3 N–H and O–H groups in total. The maximum atomic E-state index is 10.7. The van der Waals surface area contributed by atoms with E-state index in [-0.39, 0.29) is 18.6 Å². The lowest BCUT2D eigenvalue weighted by Gasteiger charge is -2.04. The summed E-state index contributed by atoms with van der Waals surface area (Å²) in [6.45, 7) is 0. The van der Waals surface area contributed by atoms with Gasteiger partial charge in [-0.2, -0.15) is 8.42 Å². The SMILES string of the molecule is O=C(O)CCc1ccc(S(=O)(=O)O)cc1O. The minimum Gasteiger partial charge on any atom is -0.508 e. The molecule has 88 valence electrons. The normalized spacial score (nSPS) is 11.3. The molecule has 0 aliphatic carbocycles. The van der Waals surface area contributed by atoms with Gasteiger partial charge in [-0.15, -0.1) is 0 Å². The summed E-state index contributed by atoms with van der Waals surface area (Å²) in [4.78, 5) is 9.87. The number of rotatable bonds is 4. The van der Waals surface area contributed by atoms with E-state index >= 15 is 0 Å². The average Bonchev–Trinajstić information content (AvgIpc) is 2.14. The van der Waals surface area contributed by atoms with Crippen LogP contribution in [0.5, 0.6) is 5.75 Å². The van der Waals surface area contributed by atoms with Crippen LogP contribution in [0.2, 0.25) is 0 Å². The van der Waals surface area contributed by atoms with Gasteiger partial charge < -0.3 is 10.2 Å². The lowest BCUT2D eigenvalue weighted by Crippen LogP contribution is -2.00. The second kappa shape index (κ2) is 4.50. The summed E-state index contributed by atoms with van der Waals surface area (Å²) in [6, 6.07) is 3.25. The fraction of sp³-hybridized carbons (Fsp3) is 0.222. The highest BCUT2D eigenvalue weighted by Gasteiger charge is 2.12. The number of aromatic hydroxyl groups is 1. The van der Waals surface area contributed by atoms with Crippen LogP contribution in [0.4, 0.5) is 0 Å². The number of phenols is 1. The van der Waals surface area contributed by atoms with Gasteiger partial charge in [-0.1, -0.05) is 6.07 Å². The maximum absolute atomic E-state index is 10.7. The number of hydrogen-bond acceptors (Lipinski definition) is 4. The topological polar surface area (TPSA) is 112 Å². The monoisotopic (exact) mass is 246 g/mol. The Labute approximate surface area is 91.9 Å². The van der Waals surface area contributed by atoms with Gasteiger partial charge in [0, 0.05) is 12.5 Å². The number of carboxylic acid groups (broad SMARTS) is 1. The molecular weight excluding hydrogens is 236 g/mol. The lowest BCUT2D eigenvalue weighted by molar-refractivity contribution is -0.136. The molecule has 0 spiro atoms. The van der Waals surface area contributed by atoms with Crippen LogP contribution in [-0.2, 0) is 21.3 Å². The van der Waals surface area contributed by atoms with Crippen molar-refractivity contribution < 1.29 is 28.0 Å². The number of carboxylic acids is 1. The van der Waals surface area contributed by atoms with Crippen LogP contribution >= 0.6 is 0 Å². The summed E-state index contributed by atoms with van der Waals surface area (Å²) < 4.78 is 30.1. The largest absolute Gasteiger partial charge is 0.508 e. The van der Waals surface area contributed by atoms with E-state index in [0.29, 0.717) is 5.56 Å². The first-order valence-electron chi connectivity index (χ1n) is 4.32. The number of benzene rings is 1. The van der Waals surface area contributed by atoms with Crippen molar-refractivity contribution in [3.05, 3.63) is 23.8 Å². The van der Waals surface area contributed by atoms with Crippen LogP contribution in [0.3, 0.4) is 0 Å². The third-order valence-electron chi connectivity index (χ3n) is 1.96. The van der Waals surface area contributed by atoms with E-state index in [1.54, 1.807) is 0 Å². The molecule has 0 atom stereocenters. The molecule has 1 rings (SSSR count). The predicted octanol–water partition coefficient (Wildman–Crippen LogP) is 0.656. The van der Waals surface area contributed by atoms with Crippen LogP contribution in [0.25, 0.3) is 0 Å². The number of phenolic OH excluding ortho intramolecular Hbond substituents is 1. The van der Waals surface area contributed by atoms with E-state index in [2.05, 4.69) is 0 Å². The van der Waals surface area contributed by atoms with Gasteiger partial charge in [-0.3, -0.25) is 9.35 Å². The molecule has 1 aromatic rings. The quantitative estimate of drug-likeness (QED) is 0.673. The molecule has 6 nitrogen and oxygen atoms in total. The van der Waals surface area contributed by atoms with Crippen LogP contribution in [0.1, 0.15) is 12.0 Å². The van der Waals surface area contributed by atoms with Crippen molar-refractivity contribution >= 4 is 16.1 Å². The summed E-state index contributed by atoms with van der Waals surface area (Å²) in [5.41, 5.74) is 0.315. The summed E-state index contributed by atoms with van der Waals surface area (Å²) in [7, 11) is -4.35. The molecule has 0 unspecified atom stereocenters. The van der Waals surface area contributed by atoms with Crippen molar-refractivity contribution in [3.63, 3.8) is 0 Å². The summed E-state index contributed by atoms with van der Waals surface area (Å²) in [5, 5.41) is 17.8. The Morgan fingerprint density at radius 3 is 2.38 bits per heavy atom. The van der Waals surface area contributed by atoms with Gasteiger partial charge in [-0.05, 0) is 18.1 Å². The van der Waals surface area contributed by atoms with Crippen molar-refractivity contribution in [2.75, 3.05) is 0 Å². The van der Waals surface area contributed by atoms with E-state index < -0.39 is 21.0 Å². The highest BCUT2D eigenvalue weighted by molar-refractivity contribution is 7.85. The van der Waals surface area contributed by atoms with E-state index in [1.807, 2.05) is 0 Å². The van der Waals surface area contributed by atoms with Crippen molar-refractivity contribution in [1.82, 2.24) is 0 Å². The number of aryl methyl sites for hydroxylation is 1. The summed E-state index contributed by atoms with van der Waals surface area (Å²) in [5.74, 6) is -1.37. The van der Waals surface area contributed by atoms with Crippen molar-refractivity contribution in [2.45, 2.75) is 17.7 Å². The summed E-state index contributed by atoms with van der Waals surface area (Å²) in [6.07, 6.45) is -0.0777. The number of hydrogen-bond donors (Lipinski definition) is 3. The minimum atomic E-state index is -4.35. The molecule has 1 aromatic carbocycles. The van der Waals surface area contributed by atoms with Crippen molar-refractivity contribution in [3.8, 4) is 5.75 Å². The predicted molar refractivity (Wildman–Crippen MR) is 53.9 cm³/mol. The van der Waals surface area contributed by atoms with Crippen LogP contribution in [-0.4, -0.2) is 29.2 Å². The van der Waals surface area contributed by atoms with Gasteiger partial charge in [0.2, 0.25) is 0 Å². The zero-order valence-corrected chi connectivity index (χ0v) is 8.94. The molecule has 0 amide bonds. The highest BCUT2D eigenvalue weighted by Crippen LogP contribution is 2.22. The fourth-order valence-corrected chi connectivity index (χ4v) is 1.66. The number of carbonyl (C=O) groups is 1. The molecule has 7 heteroatoms. The van der Waals surface area contributed by atoms with E-state index in [1.165, 1.54) is 6.07 Å². The Balaban J connectivity index is 2.96. The van der Waals surface area contributed by atoms with Gasteiger partial charge in [-0.25, -0.2) is 0 Å². The molecule has 0 saturated carbocycles. The number of aliphatic carboxylic acids is 1. The van der Waals surface area contributed by atoms with Crippen molar-refractivity contribution in [1.29, 1.82) is 0 Å². The third-order valence-corrected chi connectivity index (χ3v) is 2.81. The second-order valence-electron chi connectivity index (χ2n) is 3.16. The fourth-order valence-electron chi connectivity index (χ4n) is 1.16. The zero-order valence-electron chi connectivity index (χ0n) is 8.12. The molecule has 0 aliphatic rings. The molecule has 0 fully saturated rings. The summed E-state index contributed by atoms with van der Waals surface area (Å²) >= 11 is 0.